The largest absolute Gasteiger partial charge is 0.493 e. The third kappa shape index (κ3) is 5.72. The zero-order valence-corrected chi connectivity index (χ0v) is 19.5. The molecule has 0 unspecified atom stereocenters. The van der Waals surface area contributed by atoms with Crippen LogP contribution in [0.1, 0.15) is 35.6 Å². The normalized spacial score (nSPS) is 10.9. The smallest absolute Gasteiger partial charge is 0.195 e. The van der Waals surface area contributed by atoms with Crippen LogP contribution in [0.4, 0.5) is 30.7 Å². The van der Waals surface area contributed by atoms with Crippen LogP contribution in [0.3, 0.4) is 0 Å². The molecule has 0 amide bonds. The van der Waals surface area contributed by atoms with Crippen molar-refractivity contribution < 1.29 is 35.5 Å². The van der Waals surface area contributed by atoms with E-state index >= 15 is 0 Å². The number of ether oxygens (including phenoxy) is 1. The van der Waals surface area contributed by atoms with E-state index in [2.05, 4.69) is 11.8 Å². The van der Waals surface area contributed by atoms with E-state index in [0.717, 1.165) is 30.3 Å². The van der Waals surface area contributed by atoms with Crippen LogP contribution >= 0.6 is 0 Å². The predicted molar refractivity (Wildman–Crippen MR) is 126 cm³/mol. The molecule has 0 aliphatic rings. The summed E-state index contributed by atoms with van der Waals surface area (Å²) in [6.45, 7) is 2.16. The fourth-order valence-electron chi connectivity index (χ4n) is 3.80. The quantitative estimate of drug-likeness (QED) is 0.144. The third-order valence-corrected chi connectivity index (χ3v) is 5.66. The van der Waals surface area contributed by atoms with E-state index in [-0.39, 0.29) is 46.1 Å². The molecule has 0 atom stereocenters. The van der Waals surface area contributed by atoms with Crippen molar-refractivity contribution in [2.45, 2.75) is 26.2 Å². The van der Waals surface area contributed by atoms with E-state index in [1.165, 1.54) is 18.2 Å². The highest BCUT2D eigenvalue weighted by Gasteiger charge is 2.15. The molecule has 37 heavy (non-hydrogen) atoms. The first-order valence-corrected chi connectivity index (χ1v) is 11.4. The number of halogens is 7. The summed E-state index contributed by atoms with van der Waals surface area (Å²) in [6.07, 6.45) is 0.495. The maximum Gasteiger partial charge on any atom is 0.195 e. The van der Waals surface area contributed by atoms with Gasteiger partial charge >= 0.3 is 0 Å². The minimum absolute atomic E-state index is 0.0314. The van der Waals surface area contributed by atoms with Crippen LogP contribution in [0.2, 0.25) is 0 Å². The second-order valence-electron chi connectivity index (χ2n) is 8.32. The van der Waals surface area contributed by atoms with E-state index in [9.17, 15) is 30.7 Å². The van der Waals surface area contributed by atoms with Gasteiger partial charge in [0.15, 0.2) is 17.5 Å². The Morgan fingerprint density at radius 2 is 1.35 bits per heavy atom. The highest BCUT2D eigenvalue weighted by Crippen LogP contribution is 2.25. The van der Waals surface area contributed by atoms with Crippen molar-refractivity contribution in [2.24, 2.45) is 0 Å². The van der Waals surface area contributed by atoms with E-state index < -0.39 is 46.3 Å². The molecule has 0 fully saturated rings. The molecule has 0 heterocycles. The van der Waals surface area contributed by atoms with Crippen LogP contribution in [0.25, 0.3) is 10.8 Å². The summed E-state index contributed by atoms with van der Waals surface area (Å²) in [5.74, 6) is -2.97. The van der Waals surface area contributed by atoms with Gasteiger partial charge in [0.1, 0.15) is 29.0 Å². The molecule has 4 aromatic carbocycles. The van der Waals surface area contributed by atoms with Crippen LogP contribution in [0.5, 0.6) is 5.75 Å². The zero-order chi connectivity index (χ0) is 26.7. The van der Waals surface area contributed by atoms with Crippen molar-refractivity contribution in [1.29, 1.82) is 0 Å². The van der Waals surface area contributed by atoms with Crippen molar-refractivity contribution in [3.63, 3.8) is 0 Å². The van der Waals surface area contributed by atoms with Gasteiger partial charge in [-0.25, -0.2) is 30.7 Å². The zero-order valence-electron chi connectivity index (χ0n) is 19.5. The van der Waals surface area contributed by atoms with E-state index in [4.69, 9.17) is 4.74 Å². The van der Waals surface area contributed by atoms with Crippen LogP contribution in [0, 0.1) is 52.6 Å². The third-order valence-electron chi connectivity index (χ3n) is 5.66. The second-order valence-corrected chi connectivity index (χ2v) is 8.32. The Morgan fingerprint density at radius 3 is 2.00 bits per heavy atom. The highest BCUT2D eigenvalue weighted by molar-refractivity contribution is 5.84. The SMILES string of the molecule is CCCOc1cc(F)c(CCc2cc(F)c(C#Cc3ccc4c(F)c(F)c(F)cc4c3)c(F)c2)c(F)c1. The minimum Gasteiger partial charge on any atom is -0.493 e. The molecule has 0 aromatic heterocycles. The monoisotopic (exact) mass is 516 g/mol. The van der Waals surface area contributed by atoms with Crippen LogP contribution in [0.15, 0.2) is 48.5 Å². The summed E-state index contributed by atoms with van der Waals surface area (Å²) < 4.78 is 104. The molecule has 0 bridgehead atoms. The first-order chi connectivity index (χ1) is 17.7. The molecule has 8 heteroatoms. The highest BCUT2D eigenvalue weighted by atomic mass is 19.2. The summed E-state index contributed by atoms with van der Waals surface area (Å²) in [5.41, 5.74) is -0.407. The van der Waals surface area contributed by atoms with Gasteiger partial charge in [0.2, 0.25) is 0 Å². The van der Waals surface area contributed by atoms with Crippen molar-refractivity contribution in [3.05, 3.63) is 112 Å². The van der Waals surface area contributed by atoms with Gasteiger partial charge in [-0.2, -0.15) is 0 Å². The Morgan fingerprint density at radius 1 is 0.676 bits per heavy atom. The maximum atomic E-state index is 14.6. The molecule has 0 spiro atoms. The van der Waals surface area contributed by atoms with Gasteiger partial charge in [-0.1, -0.05) is 24.8 Å². The molecule has 0 radical (unpaired) electrons. The van der Waals surface area contributed by atoms with Gasteiger partial charge in [-0.05, 0) is 60.5 Å². The molecule has 1 nitrogen and oxygen atoms in total. The lowest BCUT2D eigenvalue weighted by molar-refractivity contribution is 0.313. The molecular weight excluding hydrogens is 497 g/mol. The Bertz CT molecular complexity index is 1500. The fourth-order valence-corrected chi connectivity index (χ4v) is 3.80. The average Bonchev–Trinajstić information content (AvgIpc) is 2.85. The van der Waals surface area contributed by atoms with Gasteiger partial charge in [0.05, 0.1) is 12.2 Å². The summed E-state index contributed by atoms with van der Waals surface area (Å²) >= 11 is 0. The van der Waals surface area contributed by atoms with E-state index in [1.807, 2.05) is 6.92 Å². The Labute approximate surface area is 208 Å². The van der Waals surface area contributed by atoms with Crippen molar-refractivity contribution in [3.8, 4) is 17.6 Å². The number of benzene rings is 4. The Kier molecular flexibility index (Phi) is 7.72. The van der Waals surface area contributed by atoms with E-state index in [0.29, 0.717) is 13.0 Å². The topological polar surface area (TPSA) is 9.23 Å². The number of hydrogen-bond donors (Lipinski definition) is 0. The van der Waals surface area contributed by atoms with Crippen LogP contribution in [-0.4, -0.2) is 6.61 Å². The predicted octanol–water partition coefficient (Wildman–Crippen LogP) is 7.79. The number of aryl methyl sites for hydroxylation is 1. The first-order valence-electron chi connectivity index (χ1n) is 11.4. The van der Waals surface area contributed by atoms with Gasteiger partial charge in [0, 0.05) is 28.6 Å². The second kappa shape index (κ2) is 11.0. The molecular formula is C29H19F7O. The van der Waals surface area contributed by atoms with Gasteiger partial charge in [-0.15, -0.1) is 0 Å². The number of fused-ring (bicyclic) bond motifs is 1. The molecule has 190 valence electrons. The lowest BCUT2D eigenvalue weighted by atomic mass is 10.0. The summed E-state index contributed by atoms with van der Waals surface area (Å²) in [5, 5.41) is -0.133. The summed E-state index contributed by atoms with van der Waals surface area (Å²) in [7, 11) is 0. The lowest BCUT2D eigenvalue weighted by Crippen LogP contribution is -2.03. The van der Waals surface area contributed by atoms with Gasteiger partial charge < -0.3 is 4.74 Å². The van der Waals surface area contributed by atoms with Crippen molar-refractivity contribution in [2.75, 3.05) is 6.61 Å². The maximum absolute atomic E-state index is 14.6. The standard InChI is InChI=1S/C29H19F7O/c1-2-9-37-19-14-25(32)22(26(33)15-19)8-5-17-11-23(30)21(24(31)12-17)7-4-16-3-6-20-18(10-16)13-27(34)29(36)28(20)35/h3,6,10-15H,2,5,8-9H2,1H3. The molecule has 4 rings (SSSR count). The first kappa shape index (κ1) is 26.1. The van der Waals surface area contributed by atoms with Crippen LogP contribution < -0.4 is 4.74 Å². The van der Waals surface area contributed by atoms with Crippen molar-refractivity contribution in [1.82, 2.24) is 0 Å². The number of hydrogen-bond acceptors (Lipinski definition) is 1. The molecule has 0 aliphatic heterocycles. The molecule has 0 saturated carbocycles. The molecule has 0 aliphatic carbocycles. The van der Waals surface area contributed by atoms with Gasteiger partial charge in [-0.3, -0.25) is 0 Å². The average molecular weight is 516 g/mol. The summed E-state index contributed by atoms with van der Waals surface area (Å²) in [4.78, 5) is 0. The van der Waals surface area contributed by atoms with Crippen LogP contribution in [-0.2, 0) is 12.8 Å². The fraction of sp³-hybridized carbons (Fsp3) is 0.172. The van der Waals surface area contributed by atoms with Gasteiger partial charge in [0.25, 0.3) is 0 Å². The molecule has 0 saturated heterocycles. The summed E-state index contributed by atoms with van der Waals surface area (Å²) in [6, 6.07) is 8.74. The number of rotatable bonds is 6. The molecule has 4 aromatic rings. The van der Waals surface area contributed by atoms with E-state index in [1.54, 1.807) is 0 Å². The Hall–Kier alpha value is -3.99. The van der Waals surface area contributed by atoms with Crippen molar-refractivity contribution >= 4 is 10.8 Å². The minimum atomic E-state index is -1.60. The molecule has 0 N–H and O–H groups in total. The Balaban J connectivity index is 1.53. The lowest BCUT2D eigenvalue weighted by Gasteiger charge is -2.10.